The van der Waals surface area contributed by atoms with E-state index < -0.39 is 0 Å². The number of aromatic amines is 2. The van der Waals surface area contributed by atoms with Gasteiger partial charge in [-0.15, -0.1) is 0 Å². The van der Waals surface area contributed by atoms with E-state index >= 15 is 0 Å². The predicted molar refractivity (Wildman–Crippen MR) is 88.8 cm³/mol. The number of hydrogen-bond donors (Lipinski definition) is 2. The zero-order valence-corrected chi connectivity index (χ0v) is 14.4. The maximum Gasteiger partial charge on any atom is 0.290 e. The van der Waals surface area contributed by atoms with E-state index in [0.717, 1.165) is 18.7 Å². The van der Waals surface area contributed by atoms with E-state index in [0.29, 0.717) is 34.8 Å². The second kappa shape index (κ2) is 6.71. The Kier molecular flexibility index (Phi) is 4.26. The number of H-pyrrole nitrogens is 2. The van der Waals surface area contributed by atoms with Crippen molar-refractivity contribution >= 4 is 17.7 Å². The second-order valence-corrected chi connectivity index (χ2v) is 6.74. The molecule has 4 rings (SSSR count). The Morgan fingerprint density at radius 1 is 1.44 bits per heavy atom. The fourth-order valence-electron chi connectivity index (χ4n) is 2.90. The van der Waals surface area contributed by atoms with Gasteiger partial charge < -0.3 is 9.32 Å². The van der Waals surface area contributed by atoms with Crippen LogP contribution in [0.4, 0.5) is 0 Å². The number of carbonyl (C=O) groups is 1. The fraction of sp³-hybridized carbons (Fsp3) is 0.400. The van der Waals surface area contributed by atoms with E-state index in [1.165, 1.54) is 18.1 Å². The summed E-state index contributed by atoms with van der Waals surface area (Å²) in [6, 6.07) is 3.44. The molecule has 9 nitrogen and oxygen atoms in total. The largest absolute Gasteiger partial charge is 0.455 e. The number of aryl methyl sites for hydroxylation is 1. The summed E-state index contributed by atoms with van der Waals surface area (Å²) >= 11 is 1.47. The molecular formula is C15H17N7O2S. The van der Waals surface area contributed by atoms with Gasteiger partial charge in [-0.1, -0.05) is 11.8 Å². The maximum atomic E-state index is 12.8. The number of nitrogens with one attached hydrogen (secondary N) is 2. The van der Waals surface area contributed by atoms with Crippen molar-refractivity contribution in [2.45, 2.75) is 36.7 Å². The highest BCUT2D eigenvalue weighted by Gasteiger charge is 2.34. The second-order valence-electron chi connectivity index (χ2n) is 5.78. The lowest BCUT2D eigenvalue weighted by Crippen LogP contribution is -2.30. The van der Waals surface area contributed by atoms with Gasteiger partial charge in [0, 0.05) is 6.54 Å². The number of furan rings is 1. The van der Waals surface area contributed by atoms with Crippen molar-refractivity contribution in [1.29, 1.82) is 0 Å². The van der Waals surface area contributed by atoms with Gasteiger partial charge in [0.05, 0.1) is 11.8 Å². The molecular weight excluding hydrogens is 342 g/mol. The summed E-state index contributed by atoms with van der Waals surface area (Å²) in [5, 5.41) is 14.3. The molecule has 0 saturated carbocycles. The number of likely N-dealkylation sites (tertiary alicyclic amines) is 1. The fourth-order valence-corrected chi connectivity index (χ4v) is 3.58. The minimum atomic E-state index is -0.124. The number of carbonyl (C=O) groups excluding carboxylic acids is 1. The van der Waals surface area contributed by atoms with Crippen molar-refractivity contribution in [3.63, 3.8) is 0 Å². The highest BCUT2D eigenvalue weighted by atomic mass is 32.2. The maximum absolute atomic E-state index is 12.8. The molecule has 1 aliphatic heterocycles. The number of nitrogens with zero attached hydrogens (tertiary/aromatic N) is 5. The van der Waals surface area contributed by atoms with E-state index in [9.17, 15) is 4.79 Å². The molecule has 1 fully saturated rings. The van der Waals surface area contributed by atoms with Crippen LogP contribution in [0.3, 0.4) is 0 Å². The monoisotopic (exact) mass is 359 g/mol. The normalized spacial score (nSPS) is 17.3. The van der Waals surface area contributed by atoms with Gasteiger partial charge in [-0.3, -0.25) is 15.0 Å². The van der Waals surface area contributed by atoms with Crippen LogP contribution in [0, 0.1) is 6.92 Å². The summed E-state index contributed by atoms with van der Waals surface area (Å²) in [5.74, 6) is 2.92. The van der Waals surface area contributed by atoms with Crippen LogP contribution in [-0.2, 0) is 5.75 Å². The van der Waals surface area contributed by atoms with Crippen LogP contribution >= 0.6 is 11.8 Å². The molecule has 4 heterocycles. The number of hydrogen-bond acceptors (Lipinski definition) is 7. The van der Waals surface area contributed by atoms with Gasteiger partial charge >= 0.3 is 0 Å². The molecule has 0 bridgehead atoms. The predicted octanol–water partition coefficient (Wildman–Crippen LogP) is 2.09. The number of rotatable bonds is 5. The average Bonchev–Trinajstić information content (AvgIpc) is 3.37. The highest BCUT2D eigenvalue weighted by molar-refractivity contribution is 7.98. The van der Waals surface area contributed by atoms with Gasteiger partial charge in [-0.2, -0.15) is 10.2 Å². The molecule has 0 spiro atoms. The lowest BCUT2D eigenvalue weighted by molar-refractivity contribution is 0.0696. The van der Waals surface area contributed by atoms with E-state index in [1.807, 2.05) is 13.0 Å². The molecule has 3 aromatic rings. The summed E-state index contributed by atoms with van der Waals surface area (Å²) in [6.07, 6.45) is 3.24. The first kappa shape index (κ1) is 15.9. The Morgan fingerprint density at radius 2 is 2.36 bits per heavy atom. The molecule has 130 valence electrons. The Bertz CT molecular complexity index is 857. The van der Waals surface area contributed by atoms with Crippen molar-refractivity contribution in [3.8, 4) is 0 Å². The van der Waals surface area contributed by atoms with Crippen molar-refractivity contribution in [2.24, 2.45) is 0 Å². The summed E-state index contributed by atoms with van der Waals surface area (Å²) in [4.78, 5) is 23.0. The Hall–Kier alpha value is -2.62. The van der Waals surface area contributed by atoms with Crippen LogP contribution in [0.15, 0.2) is 28.0 Å². The first-order chi connectivity index (χ1) is 12.2. The first-order valence-corrected chi connectivity index (χ1v) is 8.96. The third kappa shape index (κ3) is 3.29. The molecule has 0 aliphatic carbocycles. The van der Waals surface area contributed by atoms with E-state index in [1.54, 1.807) is 11.0 Å². The van der Waals surface area contributed by atoms with E-state index in [2.05, 4.69) is 30.4 Å². The van der Waals surface area contributed by atoms with E-state index in [4.69, 9.17) is 4.42 Å². The highest BCUT2D eigenvalue weighted by Crippen LogP contribution is 2.31. The molecule has 25 heavy (non-hydrogen) atoms. The summed E-state index contributed by atoms with van der Waals surface area (Å²) in [7, 11) is 0. The molecule has 1 atom stereocenters. The van der Waals surface area contributed by atoms with Crippen molar-refractivity contribution in [3.05, 3.63) is 41.6 Å². The van der Waals surface area contributed by atoms with Crippen LogP contribution in [-0.4, -0.2) is 47.7 Å². The minimum Gasteiger partial charge on any atom is -0.455 e. The minimum absolute atomic E-state index is 0.102. The number of aromatic nitrogens is 6. The van der Waals surface area contributed by atoms with Crippen LogP contribution < -0.4 is 0 Å². The molecule has 1 saturated heterocycles. The van der Waals surface area contributed by atoms with Crippen molar-refractivity contribution in [2.75, 3.05) is 6.54 Å². The Morgan fingerprint density at radius 3 is 3.12 bits per heavy atom. The standard InChI is InChI=1S/C15H17N7O2S/c1-9-18-13(20-19-9)11-3-2-6-22(11)14(23)12-5-4-10(24-12)7-25-15-16-8-17-21-15/h4-5,8,11H,2-3,6-7H2,1H3,(H,16,17,21)(H,18,19,20)/t11-/m0/s1. The van der Waals surface area contributed by atoms with E-state index in [-0.39, 0.29) is 11.9 Å². The third-order valence-corrected chi connectivity index (χ3v) is 4.94. The molecule has 1 amide bonds. The van der Waals surface area contributed by atoms with Gasteiger partial charge in [-0.25, -0.2) is 9.97 Å². The zero-order chi connectivity index (χ0) is 17.2. The quantitative estimate of drug-likeness (QED) is 0.670. The van der Waals surface area contributed by atoms with Crippen LogP contribution in [0.1, 0.15) is 46.8 Å². The molecule has 2 N–H and O–H groups in total. The topological polar surface area (TPSA) is 117 Å². The van der Waals surface area contributed by atoms with Gasteiger partial charge in [0.1, 0.15) is 17.9 Å². The first-order valence-electron chi connectivity index (χ1n) is 7.97. The molecule has 3 aromatic heterocycles. The molecule has 0 radical (unpaired) electrons. The number of thioether (sulfide) groups is 1. The summed E-state index contributed by atoms with van der Waals surface area (Å²) in [5.41, 5.74) is 0. The molecule has 10 heteroatoms. The Balaban J connectivity index is 1.45. The number of amides is 1. The van der Waals surface area contributed by atoms with Crippen LogP contribution in [0.25, 0.3) is 0 Å². The Labute approximate surface area is 147 Å². The molecule has 0 unspecified atom stereocenters. The van der Waals surface area contributed by atoms with Crippen molar-refractivity contribution < 1.29 is 9.21 Å². The van der Waals surface area contributed by atoms with Crippen LogP contribution in [0.5, 0.6) is 0 Å². The summed E-state index contributed by atoms with van der Waals surface area (Å²) in [6.45, 7) is 2.53. The SMILES string of the molecule is Cc1nc([C@@H]2CCCN2C(=O)c2ccc(CSc3ncn[nH]3)o2)n[nH]1. The van der Waals surface area contributed by atoms with Gasteiger partial charge in [0.25, 0.3) is 5.91 Å². The molecule has 1 aliphatic rings. The zero-order valence-electron chi connectivity index (χ0n) is 13.6. The van der Waals surface area contributed by atoms with Gasteiger partial charge in [0.15, 0.2) is 16.7 Å². The van der Waals surface area contributed by atoms with Crippen LogP contribution in [0.2, 0.25) is 0 Å². The molecule has 0 aromatic carbocycles. The lowest BCUT2D eigenvalue weighted by atomic mass is 10.2. The smallest absolute Gasteiger partial charge is 0.290 e. The van der Waals surface area contributed by atoms with Crippen molar-refractivity contribution in [1.82, 2.24) is 35.3 Å². The lowest BCUT2D eigenvalue weighted by Gasteiger charge is -2.21. The van der Waals surface area contributed by atoms with Gasteiger partial charge in [-0.05, 0) is 31.9 Å². The average molecular weight is 359 g/mol. The third-order valence-electron chi connectivity index (χ3n) is 4.04. The van der Waals surface area contributed by atoms with Gasteiger partial charge in [0.2, 0.25) is 0 Å². The summed E-state index contributed by atoms with van der Waals surface area (Å²) < 4.78 is 5.72.